The number of hydrogen-bond donors (Lipinski definition) is 3. The van der Waals surface area contributed by atoms with Crippen molar-refractivity contribution in [2.24, 2.45) is 0 Å². The smallest absolute Gasteiger partial charge is 0.255 e. The molecular formula is C36H30FN9O2. The van der Waals surface area contributed by atoms with Crippen molar-refractivity contribution in [2.75, 3.05) is 31.6 Å². The van der Waals surface area contributed by atoms with E-state index in [1.165, 1.54) is 25.0 Å². The molecule has 0 saturated carbocycles. The molecule has 1 fully saturated rings. The number of amides is 1. The van der Waals surface area contributed by atoms with Crippen LogP contribution in [0, 0.1) is 5.82 Å². The molecule has 7 aromatic rings. The maximum Gasteiger partial charge on any atom is 0.255 e. The van der Waals surface area contributed by atoms with Gasteiger partial charge in [-0.15, -0.1) is 0 Å². The van der Waals surface area contributed by atoms with Crippen LogP contribution in [0.5, 0.6) is 5.75 Å². The number of nitrogens with one attached hydrogen (secondary N) is 3. The molecule has 0 aliphatic carbocycles. The van der Waals surface area contributed by atoms with Crippen molar-refractivity contribution in [3.05, 3.63) is 103 Å². The number of hydrogen-bond acceptors (Lipinski definition) is 8. The molecule has 0 radical (unpaired) electrons. The van der Waals surface area contributed by atoms with Crippen molar-refractivity contribution in [3.63, 3.8) is 0 Å². The van der Waals surface area contributed by atoms with E-state index in [4.69, 9.17) is 14.7 Å². The van der Waals surface area contributed by atoms with E-state index in [0.29, 0.717) is 68.6 Å². The van der Waals surface area contributed by atoms with Crippen molar-refractivity contribution in [1.82, 2.24) is 40.0 Å². The first-order chi connectivity index (χ1) is 23.6. The van der Waals surface area contributed by atoms with Crippen molar-refractivity contribution in [1.29, 1.82) is 0 Å². The Morgan fingerprint density at radius 3 is 2.62 bits per heavy atom. The summed E-state index contributed by atoms with van der Waals surface area (Å²) in [5, 5.41) is 10.5. The maximum absolute atomic E-state index is 14.8. The number of pyridine rings is 3. The SMILES string of the molecule is O=C(Nc1cncc(-c2ccc3[nH]nc(-c4nc5c(-c6cc(F)cc(OCCN7CCCC7)c6)nccc5[nH]4)c3n2)c1)c1ccccc1. The van der Waals surface area contributed by atoms with E-state index in [-0.39, 0.29) is 5.91 Å². The number of aromatic amines is 2. The van der Waals surface area contributed by atoms with Crippen molar-refractivity contribution < 1.29 is 13.9 Å². The van der Waals surface area contributed by atoms with Crippen LogP contribution < -0.4 is 10.1 Å². The average molecular weight is 640 g/mol. The fourth-order valence-corrected chi connectivity index (χ4v) is 6.01. The number of halogens is 1. The number of likely N-dealkylation sites (tertiary alicyclic amines) is 1. The Hall–Kier alpha value is -6.01. The van der Waals surface area contributed by atoms with Gasteiger partial charge in [0.1, 0.15) is 29.2 Å². The molecule has 3 N–H and O–H groups in total. The lowest BCUT2D eigenvalue weighted by Gasteiger charge is -2.15. The second-order valence-electron chi connectivity index (χ2n) is 11.7. The molecule has 2 aromatic carbocycles. The van der Waals surface area contributed by atoms with Gasteiger partial charge in [-0.3, -0.25) is 24.8 Å². The Kier molecular flexibility index (Phi) is 7.75. The second-order valence-corrected chi connectivity index (χ2v) is 11.7. The van der Waals surface area contributed by atoms with E-state index in [1.807, 2.05) is 42.5 Å². The van der Waals surface area contributed by atoms with Gasteiger partial charge in [-0.25, -0.2) is 14.4 Å². The highest BCUT2D eigenvalue weighted by atomic mass is 19.1. The summed E-state index contributed by atoms with van der Waals surface area (Å²) in [6, 6.07) is 21.0. The topological polar surface area (TPSA) is 138 Å². The molecule has 1 amide bonds. The van der Waals surface area contributed by atoms with Crippen molar-refractivity contribution in [2.45, 2.75) is 12.8 Å². The average Bonchev–Trinajstić information content (AvgIpc) is 3.88. The molecule has 1 saturated heterocycles. The fourth-order valence-electron chi connectivity index (χ4n) is 6.01. The number of fused-ring (bicyclic) bond motifs is 2. The van der Waals surface area contributed by atoms with Gasteiger partial charge in [-0.05, 0) is 74.5 Å². The molecule has 5 aromatic heterocycles. The van der Waals surface area contributed by atoms with Gasteiger partial charge in [-0.2, -0.15) is 5.10 Å². The monoisotopic (exact) mass is 639 g/mol. The summed E-state index contributed by atoms with van der Waals surface area (Å²) >= 11 is 0. The van der Waals surface area contributed by atoms with E-state index in [2.05, 4.69) is 35.4 Å². The Bertz CT molecular complexity index is 2260. The minimum Gasteiger partial charge on any atom is -0.492 e. The Labute approximate surface area is 274 Å². The fraction of sp³-hybridized carbons (Fsp3) is 0.167. The standard InChI is InChI=1S/C36H30FN9O2/c37-25-16-23(18-27(19-25)48-15-14-46-12-4-5-13-46)31-32-29(10-11-39-31)42-35(43-32)34-33-30(44-45-34)9-8-28(41-33)24-17-26(21-38-20-24)40-36(47)22-6-2-1-3-7-22/h1-3,6-11,16-21H,4-5,12-15H2,(H,40,47)(H,42,43)(H,44,45). The predicted octanol–water partition coefficient (Wildman–Crippen LogP) is 6.49. The summed E-state index contributed by atoms with van der Waals surface area (Å²) < 4.78 is 20.7. The molecule has 0 spiro atoms. The normalized spacial score (nSPS) is 13.4. The van der Waals surface area contributed by atoms with Gasteiger partial charge in [0.15, 0.2) is 11.5 Å². The number of nitrogens with zero attached hydrogens (tertiary/aromatic N) is 6. The van der Waals surface area contributed by atoms with E-state index < -0.39 is 5.82 Å². The Balaban J connectivity index is 1.08. The largest absolute Gasteiger partial charge is 0.492 e. The van der Waals surface area contributed by atoms with Crippen LogP contribution in [0.15, 0.2) is 91.4 Å². The van der Waals surface area contributed by atoms with E-state index in [1.54, 1.807) is 36.8 Å². The van der Waals surface area contributed by atoms with Crippen LogP contribution in [-0.2, 0) is 0 Å². The lowest BCUT2D eigenvalue weighted by Crippen LogP contribution is -2.25. The molecule has 12 heteroatoms. The summed E-state index contributed by atoms with van der Waals surface area (Å²) in [5.74, 6) is 0.294. The van der Waals surface area contributed by atoms with Crippen LogP contribution in [0.4, 0.5) is 10.1 Å². The van der Waals surface area contributed by atoms with Crippen LogP contribution >= 0.6 is 0 Å². The minimum atomic E-state index is -0.411. The first-order valence-electron chi connectivity index (χ1n) is 15.8. The third-order valence-corrected chi connectivity index (χ3v) is 8.38. The summed E-state index contributed by atoms with van der Waals surface area (Å²) in [5.41, 5.74) is 6.66. The number of aromatic nitrogens is 7. The molecule has 1 aliphatic rings. The van der Waals surface area contributed by atoms with Gasteiger partial charge in [0.25, 0.3) is 5.91 Å². The number of H-pyrrole nitrogens is 2. The van der Waals surface area contributed by atoms with Crippen molar-refractivity contribution in [3.8, 4) is 39.8 Å². The van der Waals surface area contributed by atoms with E-state index in [9.17, 15) is 9.18 Å². The van der Waals surface area contributed by atoms with Crippen molar-refractivity contribution >= 4 is 33.7 Å². The summed E-state index contributed by atoms with van der Waals surface area (Å²) in [7, 11) is 0. The number of anilines is 1. The zero-order valence-electron chi connectivity index (χ0n) is 25.8. The number of imidazole rings is 1. The van der Waals surface area contributed by atoms with Crippen LogP contribution in [0.1, 0.15) is 23.2 Å². The highest BCUT2D eigenvalue weighted by Crippen LogP contribution is 2.33. The van der Waals surface area contributed by atoms with Crippen LogP contribution in [0.25, 0.3) is 56.1 Å². The van der Waals surface area contributed by atoms with Crippen LogP contribution in [0.3, 0.4) is 0 Å². The second kappa shape index (κ2) is 12.6. The zero-order chi connectivity index (χ0) is 32.5. The van der Waals surface area contributed by atoms with Gasteiger partial charge in [-0.1, -0.05) is 18.2 Å². The van der Waals surface area contributed by atoms with Gasteiger partial charge >= 0.3 is 0 Å². The highest BCUT2D eigenvalue weighted by Gasteiger charge is 2.19. The molecule has 0 atom stereocenters. The molecular weight excluding hydrogens is 609 g/mol. The number of ether oxygens (including phenoxy) is 1. The van der Waals surface area contributed by atoms with Gasteiger partial charge in [0.2, 0.25) is 0 Å². The summed E-state index contributed by atoms with van der Waals surface area (Å²) in [6.45, 7) is 3.44. The third kappa shape index (κ3) is 5.96. The number of carbonyl (C=O) groups excluding carboxylic acids is 1. The third-order valence-electron chi connectivity index (χ3n) is 8.38. The molecule has 1 aliphatic heterocycles. The summed E-state index contributed by atoms with van der Waals surface area (Å²) in [6.07, 6.45) is 7.36. The molecule has 11 nitrogen and oxygen atoms in total. The first kappa shape index (κ1) is 29.4. The minimum absolute atomic E-state index is 0.228. The maximum atomic E-state index is 14.8. The number of benzene rings is 2. The molecule has 48 heavy (non-hydrogen) atoms. The molecule has 6 heterocycles. The van der Waals surface area contributed by atoms with E-state index >= 15 is 0 Å². The number of rotatable bonds is 9. The molecule has 238 valence electrons. The molecule has 8 rings (SSSR count). The Morgan fingerprint density at radius 2 is 1.75 bits per heavy atom. The summed E-state index contributed by atoms with van der Waals surface area (Å²) in [4.78, 5) is 37.1. The van der Waals surface area contributed by atoms with Crippen LogP contribution in [-0.4, -0.2) is 72.2 Å². The van der Waals surface area contributed by atoms with Gasteiger partial charge < -0.3 is 15.0 Å². The molecule has 0 bridgehead atoms. The first-order valence-corrected chi connectivity index (χ1v) is 15.8. The molecule has 0 unspecified atom stereocenters. The highest BCUT2D eigenvalue weighted by molar-refractivity contribution is 6.04. The lowest BCUT2D eigenvalue weighted by molar-refractivity contribution is 0.102. The quantitative estimate of drug-likeness (QED) is 0.163. The number of carbonyl (C=O) groups is 1. The van der Waals surface area contributed by atoms with Crippen LogP contribution in [0.2, 0.25) is 0 Å². The van der Waals surface area contributed by atoms with E-state index in [0.717, 1.165) is 30.7 Å². The van der Waals surface area contributed by atoms with Gasteiger partial charge in [0, 0.05) is 41.7 Å². The Morgan fingerprint density at radius 1 is 0.896 bits per heavy atom. The predicted molar refractivity (Wildman–Crippen MR) is 181 cm³/mol. The lowest BCUT2D eigenvalue weighted by atomic mass is 10.1. The zero-order valence-corrected chi connectivity index (χ0v) is 25.8. The van der Waals surface area contributed by atoms with Gasteiger partial charge in [0.05, 0.1) is 34.3 Å².